The largest absolute Gasteiger partial charge is 0.358 e. The van der Waals surface area contributed by atoms with Crippen molar-refractivity contribution in [3.63, 3.8) is 0 Å². The second-order valence-corrected chi connectivity index (χ2v) is 6.62. The lowest BCUT2D eigenvalue weighted by Gasteiger charge is -2.18. The van der Waals surface area contributed by atoms with Crippen LogP contribution in [-0.2, 0) is 12.8 Å². The highest BCUT2D eigenvalue weighted by molar-refractivity contribution is 6.06. The average Bonchev–Trinajstić information content (AvgIpc) is 2.94. The van der Waals surface area contributed by atoms with Crippen LogP contribution >= 0.6 is 0 Å². The summed E-state index contributed by atoms with van der Waals surface area (Å²) in [4.78, 5) is 15.9. The van der Waals surface area contributed by atoms with Crippen LogP contribution < -0.4 is 5.32 Å². The summed E-state index contributed by atoms with van der Waals surface area (Å²) in [6, 6.07) is 11.8. The minimum absolute atomic E-state index is 0.201. The Balaban J connectivity index is 1.68. The van der Waals surface area contributed by atoms with Gasteiger partial charge in [-0.25, -0.2) is 4.39 Å². The van der Waals surface area contributed by atoms with Crippen LogP contribution in [0.2, 0.25) is 0 Å². The lowest BCUT2D eigenvalue weighted by molar-refractivity contribution is 0.102. The molecule has 1 amide bonds. The summed E-state index contributed by atoms with van der Waals surface area (Å²) in [5.74, 6) is -0.0621. The molecule has 0 radical (unpaired) electrons. The number of amides is 1. The molecular weight excluding hydrogens is 303 g/mol. The minimum Gasteiger partial charge on any atom is -0.358 e. The molecule has 0 spiro atoms. The van der Waals surface area contributed by atoms with Gasteiger partial charge in [-0.2, -0.15) is 0 Å². The third-order valence-corrected chi connectivity index (χ3v) is 4.82. The second kappa shape index (κ2) is 5.78. The smallest absolute Gasteiger partial charge is 0.255 e. The Morgan fingerprint density at radius 3 is 2.92 bits per heavy atom. The molecule has 122 valence electrons. The predicted molar refractivity (Wildman–Crippen MR) is 93.8 cm³/mol. The molecule has 2 aromatic carbocycles. The summed E-state index contributed by atoms with van der Waals surface area (Å²) in [5.41, 5.74) is 4.42. The molecule has 4 heteroatoms. The van der Waals surface area contributed by atoms with Crippen molar-refractivity contribution in [1.82, 2.24) is 4.98 Å². The molecule has 0 saturated heterocycles. The molecule has 0 fully saturated rings. The maximum absolute atomic E-state index is 13.7. The number of aryl methyl sites for hydroxylation is 1. The van der Waals surface area contributed by atoms with Crippen LogP contribution in [-0.4, -0.2) is 10.9 Å². The van der Waals surface area contributed by atoms with Crippen LogP contribution in [0.4, 0.5) is 10.1 Å². The van der Waals surface area contributed by atoms with Crippen molar-refractivity contribution in [3.05, 3.63) is 65.1 Å². The summed E-state index contributed by atoms with van der Waals surface area (Å²) < 4.78 is 13.7. The first-order valence-electron chi connectivity index (χ1n) is 8.31. The molecule has 2 N–H and O–H groups in total. The van der Waals surface area contributed by atoms with E-state index in [1.54, 1.807) is 24.3 Å². The number of carbonyl (C=O) groups is 1. The van der Waals surface area contributed by atoms with Gasteiger partial charge in [0.2, 0.25) is 0 Å². The third-order valence-electron chi connectivity index (χ3n) is 4.82. The fourth-order valence-electron chi connectivity index (χ4n) is 3.49. The molecule has 3 nitrogen and oxygen atoms in total. The molecule has 1 aliphatic rings. The van der Waals surface area contributed by atoms with Gasteiger partial charge in [0.05, 0.1) is 5.69 Å². The number of carbonyl (C=O) groups excluding carboxylic acids is 1. The van der Waals surface area contributed by atoms with Crippen molar-refractivity contribution < 1.29 is 9.18 Å². The Hall–Kier alpha value is -2.62. The number of aromatic nitrogens is 1. The van der Waals surface area contributed by atoms with Crippen molar-refractivity contribution in [1.29, 1.82) is 0 Å². The molecule has 1 atom stereocenters. The van der Waals surface area contributed by atoms with Gasteiger partial charge in [0.15, 0.2) is 0 Å². The fourth-order valence-corrected chi connectivity index (χ4v) is 3.49. The topological polar surface area (TPSA) is 44.9 Å². The molecule has 4 rings (SSSR count). The number of benzene rings is 2. The standard InChI is InChI=1S/C20H19FN2O/c1-12-6-8-17-14(10-12)15-11-13(7-9-18(15)22-17)20(24)23-19-5-3-2-4-16(19)21/h2-5,7,9,11-12,22H,6,8,10H2,1H3,(H,23,24)/t12-/m0/s1. The number of halogens is 1. The van der Waals surface area contributed by atoms with Crippen LogP contribution in [0.25, 0.3) is 10.9 Å². The van der Waals surface area contributed by atoms with Crippen molar-refractivity contribution in [2.75, 3.05) is 5.32 Å². The van der Waals surface area contributed by atoms with Gasteiger partial charge in [-0.3, -0.25) is 4.79 Å². The molecule has 0 bridgehead atoms. The molecule has 3 aromatic rings. The Bertz CT molecular complexity index is 929. The first kappa shape index (κ1) is 14.9. The lowest BCUT2D eigenvalue weighted by Crippen LogP contribution is -2.13. The van der Waals surface area contributed by atoms with Gasteiger partial charge in [-0.05, 0) is 61.1 Å². The van der Waals surface area contributed by atoms with Gasteiger partial charge >= 0.3 is 0 Å². The molecule has 0 unspecified atom stereocenters. The number of rotatable bonds is 2. The number of para-hydroxylation sites is 1. The monoisotopic (exact) mass is 322 g/mol. The SMILES string of the molecule is C[C@H]1CCc2[nH]c3ccc(C(=O)Nc4ccccc4F)cc3c2C1. The van der Waals surface area contributed by atoms with E-state index < -0.39 is 5.82 Å². The number of H-pyrrole nitrogens is 1. The highest BCUT2D eigenvalue weighted by Gasteiger charge is 2.20. The number of aromatic amines is 1. The second-order valence-electron chi connectivity index (χ2n) is 6.62. The van der Waals surface area contributed by atoms with E-state index >= 15 is 0 Å². The van der Waals surface area contributed by atoms with Gasteiger partial charge < -0.3 is 10.3 Å². The molecule has 0 saturated carbocycles. The van der Waals surface area contributed by atoms with E-state index in [-0.39, 0.29) is 11.6 Å². The maximum Gasteiger partial charge on any atom is 0.255 e. The van der Waals surface area contributed by atoms with Crippen LogP contribution in [0.3, 0.4) is 0 Å². The first-order valence-corrected chi connectivity index (χ1v) is 8.31. The van der Waals surface area contributed by atoms with Crippen molar-refractivity contribution in [3.8, 4) is 0 Å². The quantitative estimate of drug-likeness (QED) is 0.706. The van der Waals surface area contributed by atoms with Gasteiger partial charge in [0, 0.05) is 22.2 Å². The van der Waals surface area contributed by atoms with E-state index in [9.17, 15) is 9.18 Å². The Morgan fingerprint density at radius 2 is 2.08 bits per heavy atom. The highest BCUT2D eigenvalue weighted by Crippen LogP contribution is 2.32. The first-order chi connectivity index (χ1) is 11.6. The van der Waals surface area contributed by atoms with E-state index in [2.05, 4.69) is 17.2 Å². The molecular formula is C20H19FN2O. The number of hydrogen-bond donors (Lipinski definition) is 2. The van der Waals surface area contributed by atoms with E-state index in [1.807, 2.05) is 12.1 Å². The van der Waals surface area contributed by atoms with Crippen LogP contribution in [0.5, 0.6) is 0 Å². The fraction of sp³-hybridized carbons (Fsp3) is 0.250. The summed E-state index contributed by atoms with van der Waals surface area (Å²) in [7, 11) is 0. The minimum atomic E-state index is -0.431. The van der Waals surface area contributed by atoms with Crippen molar-refractivity contribution in [2.45, 2.75) is 26.2 Å². The van der Waals surface area contributed by atoms with Crippen LogP contribution in [0, 0.1) is 11.7 Å². The molecule has 24 heavy (non-hydrogen) atoms. The Morgan fingerprint density at radius 1 is 1.25 bits per heavy atom. The Kier molecular flexibility index (Phi) is 3.60. The Labute approximate surface area is 139 Å². The molecule has 1 aromatic heterocycles. The normalized spacial score (nSPS) is 16.8. The highest BCUT2D eigenvalue weighted by atomic mass is 19.1. The number of nitrogens with one attached hydrogen (secondary N) is 2. The number of hydrogen-bond acceptors (Lipinski definition) is 1. The summed E-state index contributed by atoms with van der Waals surface area (Å²) >= 11 is 0. The van der Waals surface area contributed by atoms with Crippen LogP contribution in [0.1, 0.15) is 35.0 Å². The summed E-state index contributed by atoms with van der Waals surface area (Å²) in [6.07, 6.45) is 3.29. The molecule has 0 aliphatic heterocycles. The van der Waals surface area contributed by atoms with E-state index in [0.717, 1.165) is 23.7 Å². The molecule has 1 aliphatic carbocycles. The zero-order valence-corrected chi connectivity index (χ0v) is 13.5. The van der Waals surface area contributed by atoms with Gasteiger partial charge in [-0.1, -0.05) is 19.1 Å². The van der Waals surface area contributed by atoms with Crippen molar-refractivity contribution in [2.24, 2.45) is 5.92 Å². The average molecular weight is 322 g/mol. The molecule has 1 heterocycles. The zero-order valence-electron chi connectivity index (χ0n) is 13.5. The van der Waals surface area contributed by atoms with Gasteiger partial charge in [0.1, 0.15) is 5.82 Å². The summed E-state index contributed by atoms with van der Waals surface area (Å²) in [6.45, 7) is 2.26. The maximum atomic E-state index is 13.7. The summed E-state index contributed by atoms with van der Waals surface area (Å²) in [5, 5.41) is 3.76. The number of fused-ring (bicyclic) bond motifs is 3. The third kappa shape index (κ3) is 2.58. The van der Waals surface area contributed by atoms with Gasteiger partial charge in [-0.15, -0.1) is 0 Å². The van der Waals surface area contributed by atoms with Crippen molar-refractivity contribution >= 4 is 22.5 Å². The predicted octanol–water partition coefficient (Wildman–Crippen LogP) is 4.68. The zero-order chi connectivity index (χ0) is 16.7. The van der Waals surface area contributed by atoms with E-state index in [4.69, 9.17) is 0 Å². The van der Waals surface area contributed by atoms with E-state index in [0.29, 0.717) is 11.5 Å². The number of anilines is 1. The lowest BCUT2D eigenvalue weighted by atomic mass is 9.87. The van der Waals surface area contributed by atoms with Gasteiger partial charge in [0.25, 0.3) is 5.91 Å². The van der Waals surface area contributed by atoms with E-state index in [1.165, 1.54) is 23.7 Å². The van der Waals surface area contributed by atoms with Crippen LogP contribution in [0.15, 0.2) is 42.5 Å².